The number of hydrogen-bond donors (Lipinski definition) is 2. The summed E-state index contributed by atoms with van der Waals surface area (Å²) >= 11 is 6.90. The van der Waals surface area contributed by atoms with Gasteiger partial charge in [-0.25, -0.2) is 4.98 Å². The van der Waals surface area contributed by atoms with Gasteiger partial charge < -0.3 is 5.32 Å². The molecule has 0 aliphatic heterocycles. The Morgan fingerprint density at radius 1 is 1.42 bits per heavy atom. The molecule has 10 heteroatoms. The maximum Gasteiger partial charge on any atom is 0.416 e. The lowest BCUT2D eigenvalue weighted by Gasteiger charge is -2.11. The van der Waals surface area contributed by atoms with Gasteiger partial charge in [-0.3, -0.25) is 9.89 Å². The van der Waals surface area contributed by atoms with Crippen molar-refractivity contribution in [1.29, 1.82) is 0 Å². The third kappa shape index (κ3) is 4.88. The minimum absolute atomic E-state index is 0.0290. The first-order valence-electron chi connectivity index (χ1n) is 6.88. The lowest BCUT2D eigenvalue weighted by atomic mass is 10.2. The zero-order valence-corrected chi connectivity index (χ0v) is 14.3. The highest BCUT2D eigenvalue weighted by atomic mass is 35.5. The first-order chi connectivity index (χ1) is 11.2. The number of amides is 1. The Labute approximate surface area is 145 Å². The van der Waals surface area contributed by atoms with Crippen molar-refractivity contribution in [2.24, 2.45) is 0 Å². The van der Waals surface area contributed by atoms with Crippen molar-refractivity contribution in [2.45, 2.75) is 31.1 Å². The van der Waals surface area contributed by atoms with Crippen molar-refractivity contribution in [3.8, 4) is 0 Å². The molecule has 2 rings (SSSR count). The van der Waals surface area contributed by atoms with Crippen LogP contribution in [0.3, 0.4) is 0 Å². The molecule has 24 heavy (non-hydrogen) atoms. The summed E-state index contributed by atoms with van der Waals surface area (Å²) in [5.74, 6) is 0.308. The van der Waals surface area contributed by atoms with E-state index in [2.05, 4.69) is 20.5 Å². The molecular weight excluding hydrogens is 365 g/mol. The number of nitrogens with zero attached hydrogens (tertiary/aromatic N) is 2. The zero-order valence-electron chi connectivity index (χ0n) is 12.7. The van der Waals surface area contributed by atoms with Crippen LogP contribution in [-0.4, -0.2) is 26.8 Å². The average molecular weight is 379 g/mol. The maximum absolute atomic E-state index is 12.7. The van der Waals surface area contributed by atoms with Crippen LogP contribution in [0.1, 0.15) is 31.2 Å². The van der Waals surface area contributed by atoms with Crippen LogP contribution in [0.25, 0.3) is 0 Å². The number of carbonyl (C=O) groups excluding carboxylic acids is 1. The summed E-state index contributed by atoms with van der Waals surface area (Å²) in [5, 5.41) is 9.49. The van der Waals surface area contributed by atoms with Gasteiger partial charge in [0.15, 0.2) is 0 Å². The van der Waals surface area contributed by atoms with E-state index in [4.69, 9.17) is 11.6 Å². The van der Waals surface area contributed by atoms with Gasteiger partial charge in [-0.2, -0.15) is 13.2 Å². The molecule has 0 saturated heterocycles. The SMILES string of the molecule is CC(C)c1nc(SCC(=O)Nc2cc(C(F)(F)F)ccc2Cl)n[nH]1. The average Bonchev–Trinajstić information content (AvgIpc) is 2.95. The maximum atomic E-state index is 12.7. The molecule has 2 N–H and O–H groups in total. The number of hydrogen-bond acceptors (Lipinski definition) is 4. The molecule has 1 amide bonds. The highest BCUT2D eigenvalue weighted by Gasteiger charge is 2.31. The Bertz CT molecular complexity index is 733. The highest BCUT2D eigenvalue weighted by molar-refractivity contribution is 7.99. The number of anilines is 1. The summed E-state index contributed by atoms with van der Waals surface area (Å²) in [4.78, 5) is 16.1. The van der Waals surface area contributed by atoms with Crippen molar-refractivity contribution in [3.63, 3.8) is 0 Å². The molecule has 130 valence electrons. The first kappa shape index (κ1) is 18.6. The molecule has 5 nitrogen and oxygen atoms in total. The molecule has 0 fully saturated rings. The van der Waals surface area contributed by atoms with E-state index in [1.807, 2.05) is 13.8 Å². The fraction of sp³-hybridized carbons (Fsp3) is 0.357. The second-order valence-corrected chi connectivity index (χ2v) is 6.54. The minimum Gasteiger partial charge on any atom is -0.324 e. The number of benzene rings is 1. The van der Waals surface area contributed by atoms with Gasteiger partial charge >= 0.3 is 6.18 Å². The molecule has 0 aliphatic carbocycles. The smallest absolute Gasteiger partial charge is 0.324 e. The van der Waals surface area contributed by atoms with Gasteiger partial charge in [0.05, 0.1) is 22.0 Å². The van der Waals surface area contributed by atoms with Gasteiger partial charge in [-0.1, -0.05) is 37.2 Å². The standard InChI is InChI=1S/C14H14ClF3N4OS/c1-7(2)12-20-13(22-21-12)24-6-11(23)19-10-5-8(14(16,17)18)3-4-9(10)15/h3-5,7H,6H2,1-2H3,(H,19,23)(H,20,21,22). The van der Waals surface area contributed by atoms with Crippen LogP contribution in [0.2, 0.25) is 5.02 Å². The molecule has 1 aromatic heterocycles. The Hall–Kier alpha value is -1.74. The quantitative estimate of drug-likeness (QED) is 0.760. The summed E-state index contributed by atoms with van der Waals surface area (Å²) in [7, 11) is 0. The predicted octanol–water partition coefficient (Wildman–Crippen LogP) is 4.33. The fourth-order valence-corrected chi connectivity index (χ4v) is 2.46. The number of H-pyrrole nitrogens is 1. The van der Waals surface area contributed by atoms with Crippen LogP contribution >= 0.6 is 23.4 Å². The Kier molecular flexibility index (Phi) is 5.76. The Balaban J connectivity index is 1.99. The number of nitrogens with one attached hydrogen (secondary N) is 2. The van der Waals surface area contributed by atoms with Crippen LogP contribution in [0.15, 0.2) is 23.4 Å². The fourth-order valence-electron chi connectivity index (χ4n) is 1.69. The molecule has 0 unspecified atom stereocenters. The van der Waals surface area contributed by atoms with Gasteiger partial charge in [-0.05, 0) is 18.2 Å². The van der Waals surface area contributed by atoms with E-state index < -0.39 is 17.6 Å². The van der Waals surface area contributed by atoms with Crippen LogP contribution in [0.4, 0.5) is 18.9 Å². The molecule has 2 aromatic rings. The summed E-state index contributed by atoms with van der Waals surface area (Å²) in [6, 6.07) is 2.75. The molecule has 1 heterocycles. The third-order valence-corrected chi connectivity index (χ3v) is 4.11. The lowest BCUT2D eigenvalue weighted by Crippen LogP contribution is -2.15. The molecule has 0 bridgehead atoms. The molecule has 0 saturated carbocycles. The van der Waals surface area contributed by atoms with Crippen molar-refractivity contribution in [2.75, 3.05) is 11.1 Å². The summed E-state index contributed by atoms with van der Waals surface area (Å²) in [6.07, 6.45) is -4.51. The lowest BCUT2D eigenvalue weighted by molar-refractivity contribution is -0.137. The van der Waals surface area contributed by atoms with E-state index in [1.165, 1.54) is 0 Å². The summed E-state index contributed by atoms with van der Waals surface area (Å²) < 4.78 is 38.1. The first-order valence-corrected chi connectivity index (χ1v) is 8.25. The molecule has 0 aliphatic rings. The number of halogens is 4. The molecule has 0 radical (unpaired) electrons. The van der Waals surface area contributed by atoms with Crippen LogP contribution in [0, 0.1) is 0 Å². The van der Waals surface area contributed by atoms with Crippen molar-refractivity contribution < 1.29 is 18.0 Å². The number of rotatable bonds is 5. The Morgan fingerprint density at radius 3 is 2.71 bits per heavy atom. The minimum atomic E-state index is -4.51. The van der Waals surface area contributed by atoms with Gasteiger partial charge in [0, 0.05) is 5.92 Å². The van der Waals surface area contributed by atoms with Gasteiger partial charge in [0.1, 0.15) is 5.82 Å². The van der Waals surface area contributed by atoms with E-state index >= 15 is 0 Å². The number of aromatic nitrogens is 3. The Morgan fingerprint density at radius 2 is 2.12 bits per heavy atom. The second kappa shape index (κ2) is 7.43. The molecular formula is C14H14ClF3N4OS. The third-order valence-electron chi connectivity index (χ3n) is 2.93. The van der Waals surface area contributed by atoms with E-state index in [0.29, 0.717) is 11.0 Å². The van der Waals surface area contributed by atoms with E-state index in [-0.39, 0.29) is 22.4 Å². The van der Waals surface area contributed by atoms with Crippen LogP contribution in [0.5, 0.6) is 0 Å². The van der Waals surface area contributed by atoms with E-state index in [1.54, 1.807) is 0 Å². The summed E-state index contributed by atoms with van der Waals surface area (Å²) in [5.41, 5.74) is -0.972. The number of thioether (sulfide) groups is 1. The van der Waals surface area contributed by atoms with Gasteiger partial charge in [0.2, 0.25) is 11.1 Å². The zero-order chi connectivity index (χ0) is 17.9. The monoisotopic (exact) mass is 378 g/mol. The van der Waals surface area contributed by atoms with Gasteiger partial charge in [0.25, 0.3) is 0 Å². The molecule has 0 atom stereocenters. The number of carbonyl (C=O) groups is 1. The van der Waals surface area contributed by atoms with Crippen LogP contribution < -0.4 is 5.32 Å². The summed E-state index contributed by atoms with van der Waals surface area (Å²) in [6.45, 7) is 3.88. The van der Waals surface area contributed by atoms with Crippen molar-refractivity contribution in [1.82, 2.24) is 15.2 Å². The number of aromatic amines is 1. The van der Waals surface area contributed by atoms with E-state index in [0.717, 1.165) is 30.0 Å². The second-order valence-electron chi connectivity index (χ2n) is 5.19. The highest BCUT2D eigenvalue weighted by Crippen LogP contribution is 2.33. The normalized spacial score (nSPS) is 11.8. The molecule has 0 spiro atoms. The molecule has 1 aromatic carbocycles. The number of alkyl halides is 3. The van der Waals surface area contributed by atoms with Crippen molar-refractivity contribution >= 4 is 35.0 Å². The van der Waals surface area contributed by atoms with Gasteiger partial charge in [-0.15, -0.1) is 5.10 Å². The van der Waals surface area contributed by atoms with Crippen LogP contribution in [-0.2, 0) is 11.0 Å². The predicted molar refractivity (Wildman–Crippen MR) is 86.3 cm³/mol. The van der Waals surface area contributed by atoms with E-state index in [9.17, 15) is 18.0 Å². The van der Waals surface area contributed by atoms with Crippen molar-refractivity contribution in [3.05, 3.63) is 34.6 Å². The topological polar surface area (TPSA) is 70.7 Å². The largest absolute Gasteiger partial charge is 0.416 e.